The first-order chi connectivity index (χ1) is 14.8. The molecule has 0 atom stereocenters. The van der Waals surface area contributed by atoms with E-state index < -0.39 is 28.8 Å². The molecule has 1 aromatic carbocycles. The van der Waals surface area contributed by atoms with Crippen molar-refractivity contribution in [1.29, 1.82) is 0 Å². The molecule has 0 fully saturated rings. The van der Waals surface area contributed by atoms with Gasteiger partial charge in [-0.1, -0.05) is 41.1 Å². The van der Waals surface area contributed by atoms with Gasteiger partial charge in [-0.15, -0.1) is 11.3 Å². The fraction of sp³-hybridized carbons (Fsp3) is 0.238. The maximum atomic E-state index is 12.6. The number of fused-ring (bicyclic) bond motifs is 1. The molecule has 2 amide bonds. The van der Waals surface area contributed by atoms with Crippen molar-refractivity contribution in [2.75, 3.05) is 5.32 Å². The van der Waals surface area contributed by atoms with Crippen molar-refractivity contribution >= 4 is 51.1 Å². The zero-order chi connectivity index (χ0) is 22.1. The molecular weight excluding hydrogens is 458 g/mol. The highest BCUT2D eigenvalue weighted by atomic mass is 35.5. The molecule has 1 aliphatic rings. The van der Waals surface area contributed by atoms with Crippen LogP contribution >= 0.6 is 34.3 Å². The first-order valence-electron chi connectivity index (χ1n) is 9.59. The van der Waals surface area contributed by atoms with Crippen molar-refractivity contribution in [3.63, 3.8) is 0 Å². The van der Waals surface area contributed by atoms with Gasteiger partial charge in [-0.2, -0.15) is 0 Å². The maximum absolute atomic E-state index is 12.6. The maximum Gasteiger partial charge on any atom is 0.310 e. The molecule has 0 bridgehead atoms. The van der Waals surface area contributed by atoms with Crippen molar-refractivity contribution in [3.05, 3.63) is 71.4 Å². The Balaban J connectivity index is 1.60. The van der Waals surface area contributed by atoms with Gasteiger partial charge >= 0.3 is 4.87 Å². The van der Waals surface area contributed by atoms with E-state index in [0.717, 1.165) is 52.0 Å². The molecule has 0 radical (unpaired) electrons. The third-order valence-corrected chi connectivity index (χ3v) is 7.54. The summed E-state index contributed by atoms with van der Waals surface area (Å²) in [5.74, 6) is -1.17. The highest BCUT2D eigenvalue weighted by molar-refractivity contribution is 7.17. The molecular formula is C21H18ClN3O4S2. The summed E-state index contributed by atoms with van der Waals surface area (Å²) < 4.78 is 0.859. The van der Waals surface area contributed by atoms with E-state index in [1.807, 2.05) is 0 Å². The number of nitrogens with one attached hydrogen (secondary N) is 1. The molecule has 3 N–H and O–H groups in total. The first kappa shape index (κ1) is 21.5. The number of thiophene rings is 1. The molecule has 0 aliphatic heterocycles. The smallest absolute Gasteiger partial charge is 0.310 e. The third-order valence-electron chi connectivity index (χ3n) is 5.05. The lowest BCUT2D eigenvalue weighted by atomic mass is 9.95. The third kappa shape index (κ3) is 4.34. The van der Waals surface area contributed by atoms with Crippen LogP contribution in [0.3, 0.4) is 0 Å². The Hall–Kier alpha value is -2.75. The van der Waals surface area contributed by atoms with Gasteiger partial charge in [0, 0.05) is 26.4 Å². The minimum absolute atomic E-state index is 0.333. The summed E-state index contributed by atoms with van der Waals surface area (Å²) >= 11 is 8.32. The van der Waals surface area contributed by atoms with Gasteiger partial charge in [0.05, 0.1) is 5.56 Å². The summed E-state index contributed by atoms with van der Waals surface area (Å²) in [6.45, 7) is -0.461. The number of hydrogen-bond donors (Lipinski definition) is 2. The second kappa shape index (κ2) is 8.78. The van der Waals surface area contributed by atoms with Gasteiger partial charge in [0.1, 0.15) is 11.5 Å². The van der Waals surface area contributed by atoms with E-state index >= 15 is 0 Å². The van der Waals surface area contributed by atoms with Crippen molar-refractivity contribution in [2.45, 2.75) is 32.2 Å². The SMILES string of the molecule is NC(=O)c1c(NC(=O)Cn2c(=O)cc(-c3ccccc3Cl)sc2=O)sc2c1CCCC2. The van der Waals surface area contributed by atoms with Crippen LogP contribution in [0.5, 0.6) is 0 Å². The number of halogens is 1. The lowest BCUT2D eigenvalue weighted by Crippen LogP contribution is -2.35. The van der Waals surface area contributed by atoms with Crippen LogP contribution < -0.4 is 21.5 Å². The van der Waals surface area contributed by atoms with Crippen LogP contribution in [-0.2, 0) is 24.2 Å². The van der Waals surface area contributed by atoms with E-state index in [9.17, 15) is 19.2 Å². The number of benzene rings is 1. The minimum Gasteiger partial charge on any atom is -0.365 e. The van der Waals surface area contributed by atoms with E-state index in [1.165, 1.54) is 17.4 Å². The average molecular weight is 476 g/mol. The number of nitrogens with two attached hydrogens (primary N) is 1. The monoisotopic (exact) mass is 475 g/mol. The van der Waals surface area contributed by atoms with E-state index in [2.05, 4.69) is 5.32 Å². The second-order valence-electron chi connectivity index (χ2n) is 7.11. The number of rotatable bonds is 5. The lowest BCUT2D eigenvalue weighted by molar-refractivity contribution is -0.116. The number of amides is 2. The normalized spacial score (nSPS) is 12.9. The summed E-state index contributed by atoms with van der Waals surface area (Å²) in [6, 6.07) is 8.19. The van der Waals surface area contributed by atoms with Gasteiger partial charge in [0.25, 0.3) is 11.5 Å². The average Bonchev–Trinajstić information content (AvgIpc) is 3.08. The van der Waals surface area contributed by atoms with Gasteiger partial charge in [-0.3, -0.25) is 23.7 Å². The molecule has 2 heterocycles. The predicted molar refractivity (Wildman–Crippen MR) is 123 cm³/mol. The molecule has 10 heteroatoms. The summed E-state index contributed by atoms with van der Waals surface area (Å²) in [7, 11) is 0. The number of carbonyl (C=O) groups excluding carboxylic acids is 2. The Morgan fingerprint density at radius 3 is 2.58 bits per heavy atom. The molecule has 160 valence electrons. The summed E-state index contributed by atoms with van der Waals surface area (Å²) in [5.41, 5.74) is 6.75. The van der Waals surface area contributed by atoms with Crippen LogP contribution in [0.4, 0.5) is 5.00 Å². The Morgan fingerprint density at radius 1 is 1.13 bits per heavy atom. The number of hydrogen-bond acceptors (Lipinski definition) is 6. The fourth-order valence-corrected chi connectivity index (χ4v) is 6.12. The Bertz CT molecular complexity index is 1280. The van der Waals surface area contributed by atoms with Gasteiger partial charge < -0.3 is 11.1 Å². The number of carbonyl (C=O) groups is 2. The second-order valence-corrected chi connectivity index (χ2v) is 9.61. The standard InChI is InChI=1S/C21H18ClN3O4S2/c22-13-7-3-1-5-11(13)15-9-17(27)25(21(29)31-15)10-16(26)24-20-18(19(23)28)12-6-2-4-8-14(12)30-20/h1,3,5,7,9H,2,4,6,8,10H2,(H2,23,28)(H,24,26). The van der Waals surface area contributed by atoms with Crippen molar-refractivity contribution in [3.8, 4) is 10.4 Å². The summed E-state index contributed by atoms with van der Waals surface area (Å²) in [6.07, 6.45) is 3.57. The molecule has 4 rings (SSSR count). The molecule has 0 saturated heterocycles. The van der Waals surface area contributed by atoms with Crippen LogP contribution in [-0.4, -0.2) is 16.4 Å². The highest BCUT2D eigenvalue weighted by Gasteiger charge is 2.25. The Labute approximate surface area is 190 Å². The van der Waals surface area contributed by atoms with Crippen LogP contribution in [0.15, 0.2) is 39.9 Å². The molecule has 0 spiro atoms. The molecule has 0 unspecified atom stereocenters. The van der Waals surface area contributed by atoms with E-state index in [1.54, 1.807) is 24.3 Å². The van der Waals surface area contributed by atoms with Gasteiger partial charge in [-0.05, 0) is 37.3 Å². The number of aryl methyl sites for hydroxylation is 1. The summed E-state index contributed by atoms with van der Waals surface area (Å²) in [4.78, 5) is 50.6. The van der Waals surface area contributed by atoms with Gasteiger partial charge in [-0.25, -0.2) is 0 Å². The van der Waals surface area contributed by atoms with Crippen molar-refractivity contribution in [1.82, 2.24) is 4.57 Å². The number of anilines is 1. The topological polar surface area (TPSA) is 111 Å². The molecule has 7 nitrogen and oxygen atoms in total. The predicted octanol–water partition coefficient (Wildman–Crippen LogP) is 3.27. The van der Waals surface area contributed by atoms with E-state index in [-0.39, 0.29) is 0 Å². The number of aromatic nitrogens is 1. The van der Waals surface area contributed by atoms with E-state index in [4.69, 9.17) is 17.3 Å². The first-order valence-corrected chi connectivity index (χ1v) is 11.6. The number of primary amides is 1. The summed E-state index contributed by atoms with van der Waals surface area (Å²) in [5, 5.41) is 3.47. The Kier molecular flexibility index (Phi) is 6.08. The Morgan fingerprint density at radius 2 is 1.87 bits per heavy atom. The van der Waals surface area contributed by atoms with Crippen LogP contribution in [0.25, 0.3) is 10.4 Å². The molecule has 2 aromatic heterocycles. The molecule has 31 heavy (non-hydrogen) atoms. The molecule has 1 aliphatic carbocycles. The largest absolute Gasteiger partial charge is 0.365 e. The lowest BCUT2D eigenvalue weighted by Gasteiger charge is -2.11. The highest BCUT2D eigenvalue weighted by Crippen LogP contribution is 2.37. The van der Waals surface area contributed by atoms with E-state index in [0.29, 0.717) is 26.0 Å². The van der Waals surface area contributed by atoms with Crippen molar-refractivity contribution in [2.24, 2.45) is 5.73 Å². The zero-order valence-electron chi connectivity index (χ0n) is 16.3. The van der Waals surface area contributed by atoms with Crippen LogP contribution in [0, 0.1) is 0 Å². The zero-order valence-corrected chi connectivity index (χ0v) is 18.7. The van der Waals surface area contributed by atoms with Gasteiger partial charge in [0.15, 0.2) is 0 Å². The van der Waals surface area contributed by atoms with Crippen LogP contribution in [0.2, 0.25) is 5.02 Å². The molecule has 3 aromatic rings. The van der Waals surface area contributed by atoms with Crippen molar-refractivity contribution < 1.29 is 9.59 Å². The molecule has 0 saturated carbocycles. The fourth-order valence-electron chi connectivity index (χ4n) is 3.62. The quantitative estimate of drug-likeness (QED) is 0.589. The van der Waals surface area contributed by atoms with Gasteiger partial charge in [0.2, 0.25) is 5.91 Å². The minimum atomic E-state index is -0.602. The van der Waals surface area contributed by atoms with Crippen LogP contribution in [0.1, 0.15) is 33.6 Å². The number of nitrogens with zero attached hydrogens (tertiary/aromatic N) is 1.